The lowest BCUT2D eigenvalue weighted by atomic mass is 10.0. The maximum Gasteiger partial charge on any atom is 0.410 e. The largest absolute Gasteiger partial charge is 0.444 e. The molecule has 0 unspecified atom stereocenters. The number of carbonyl (C=O) groups excluding carboxylic acids is 1. The number of hydrogen-bond donors (Lipinski definition) is 2. The molecule has 1 saturated heterocycles. The van der Waals surface area contributed by atoms with E-state index in [9.17, 15) is 9.90 Å². The summed E-state index contributed by atoms with van der Waals surface area (Å²) in [6.07, 6.45) is 3.67. The van der Waals surface area contributed by atoms with Crippen LogP contribution in [-0.2, 0) is 22.4 Å². The van der Waals surface area contributed by atoms with Gasteiger partial charge in [-0.3, -0.25) is 0 Å². The number of anilines is 1. The van der Waals surface area contributed by atoms with Crippen LogP contribution in [-0.4, -0.2) is 63.6 Å². The molecule has 1 amide bonds. The van der Waals surface area contributed by atoms with Crippen LogP contribution in [0.25, 0.3) is 0 Å². The van der Waals surface area contributed by atoms with E-state index in [1.165, 1.54) is 0 Å². The number of nitrogens with zero attached hydrogens (tertiary/aromatic N) is 3. The molecule has 0 aromatic carbocycles. The second-order valence-electron chi connectivity index (χ2n) is 7.86. The van der Waals surface area contributed by atoms with E-state index in [1.807, 2.05) is 27.0 Å². The Morgan fingerprint density at radius 2 is 2.31 bits per heavy atom. The molecule has 2 aliphatic rings. The van der Waals surface area contributed by atoms with Crippen molar-refractivity contribution in [1.82, 2.24) is 14.9 Å². The van der Waals surface area contributed by atoms with Gasteiger partial charge in [-0.15, -0.1) is 0 Å². The van der Waals surface area contributed by atoms with Gasteiger partial charge in [0, 0.05) is 25.4 Å². The van der Waals surface area contributed by atoms with Gasteiger partial charge in [0.15, 0.2) is 0 Å². The molecule has 26 heavy (non-hydrogen) atoms. The van der Waals surface area contributed by atoms with E-state index in [0.717, 1.165) is 30.5 Å². The van der Waals surface area contributed by atoms with Crippen LogP contribution in [0.15, 0.2) is 6.20 Å². The summed E-state index contributed by atoms with van der Waals surface area (Å²) in [5.41, 5.74) is 1.41. The van der Waals surface area contributed by atoms with Gasteiger partial charge < -0.3 is 24.8 Å². The maximum atomic E-state index is 12.3. The van der Waals surface area contributed by atoms with Crippen molar-refractivity contribution < 1.29 is 19.4 Å². The summed E-state index contributed by atoms with van der Waals surface area (Å²) in [5, 5.41) is 12.6. The fourth-order valence-electron chi connectivity index (χ4n) is 3.18. The van der Waals surface area contributed by atoms with Crippen molar-refractivity contribution in [2.24, 2.45) is 0 Å². The average molecular weight is 364 g/mol. The van der Waals surface area contributed by atoms with Crippen LogP contribution in [0.4, 0.5) is 10.7 Å². The Morgan fingerprint density at radius 1 is 1.50 bits per heavy atom. The highest BCUT2D eigenvalue weighted by atomic mass is 16.6. The van der Waals surface area contributed by atoms with Gasteiger partial charge in [0.25, 0.3) is 0 Å². The number of aliphatic hydroxyl groups excluding tert-OH is 1. The smallest absolute Gasteiger partial charge is 0.410 e. The summed E-state index contributed by atoms with van der Waals surface area (Å²) < 4.78 is 10.9. The Morgan fingerprint density at radius 3 is 3.04 bits per heavy atom. The summed E-state index contributed by atoms with van der Waals surface area (Å²) in [7, 11) is 0. The summed E-state index contributed by atoms with van der Waals surface area (Å²) in [5.74, 6) is 0.554. The first-order valence-electron chi connectivity index (χ1n) is 9.16. The van der Waals surface area contributed by atoms with E-state index in [4.69, 9.17) is 9.47 Å². The van der Waals surface area contributed by atoms with Gasteiger partial charge in [0.2, 0.25) is 5.95 Å². The van der Waals surface area contributed by atoms with Crippen LogP contribution in [0.5, 0.6) is 0 Å². The molecule has 0 spiro atoms. The van der Waals surface area contributed by atoms with Gasteiger partial charge in [-0.25, -0.2) is 14.8 Å². The van der Waals surface area contributed by atoms with Gasteiger partial charge in [0.1, 0.15) is 5.60 Å². The fourth-order valence-corrected chi connectivity index (χ4v) is 3.18. The minimum absolute atomic E-state index is 0.0219. The molecule has 3 heterocycles. The van der Waals surface area contributed by atoms with E-state index in [1.54, 1.807) is 4.90 Å². The van der Waals surface area contributed by atoms with Crippen molar-refractivity contribution >= 4 is 12.0 Å². The predicted octanol–water partition coefficient (Wildman–Crippen LogP) is 1.72. The molecule has 144 valence electrons. The Bertz CT molecular complexity index is 647. The molecular formula is C18H28N4O4. The molecule has 1 aromatic heterocycles. The molecule has 1 fully saturated rings. The molecule has 0 radical (unpaired) electrons. The third-order valence-electron chi connectivity index (χ3n) is 4.50. The average Bonchev–Trinajstić information content (AvgIpc) is 2.60. The number of amides is 1. The van der Waals surface area contributed by atoms with Gasteiger partial charge in [-0.05, 0) is 45.6 Å². The first-order chi connectivity index (χ1) is 12.3. The highest BCUT2D eigenvalue weighted by molar-refractivity contribution is 5.68. The Labute approximate surface area is 153 Å². The summed E-state index contributed by atoms with van der Waals surface area (Å²) in [4.78, 5) is 23.0. The third-order valence-corrected chi connectivity index (χ3v) is 4.50. The summed E-state index contributed by atoms with van der Waals surface area (Å²) in [6.45, 7) is 7.25. The number of carbonyl (C=O) groups is 1. The van der Waals surface area contributed by atoms with Gasteiger partial charge in [0.05, 0.1) is 24.9 Å². The van der Waals surface area contributed by atoms with Crippen LogP contribution < -0.4 is 5.32 Å². The molecule has 8 heteroatoms. The van der Waals surface area contributed by atoms with Crippen molar-refractivity contribution in [2.75, 3.05) is 25.1 Å². The molecule has 2 aliphatic heterocycles. The van der Waals surface area contributed by atoms with Crippen LogP contribution in [0.3, 0.4) is 0 Å². The third kappa shape index (κ3) is 4.82. The Balaban J connectivity index is 1.64. The minimum Gasteiger partial charge on any atom is -0.444 e. The highest BCUT2D eigenvalue weighted by Gasteiger charge is 2.27. The number of fused-ring (bicyclic) bond motifs is 1. The molecule has 0 aliphatic carbocycles. The fraction of sp³-hybridized carbons (Fsp3) is 0.722. The zero-order valence-electron chi connectivity index (χ0n) is 15.7. The normalized spacial score (nSPS) is 23.3. The molecule has 3 rings (SSSR count). The molecule has 1 aromatic rings. The number of aliphatic hydroxyl groups is 1. The van der Waals surface area contributed by atoms with Crippen LogP contribution in [0, 0.1) is 0 Å². The topological polar surface area (TPSA) is 96.8 Å². The molecule has 8 nitrogen and oxygen atoms in total. The van der Waals surface area contributed by atoms with Gasteiger partial charge >= 0.3 is 6.09 Å². The SMILES string of the molecule is CC(C)(C)OC(=O)N1CCc2cnc(N[C@H]3CCO[C@H](CO)C3)nc2C1. The van der Waals surface area contributed by atoms with E-state index in [-0.39, 0.29) is 24.8 Å². The van der Waals surface area contributed by atoms with Crippen LogP contribution >= 0.6 is 0 Å². The second kappa shape index (κ2) is 7.75. The molecule has 0 saturated carbocycles. The summed E-state index contributed by atoms with van der Waals surface area (Å²) in [6, 6.07) is 0.171. The Kier molecular flexibility index (Phi) is 5.62. The number of rotatable bonds is 3. The number of hydrogen-bond acceptors (Lipinski definition) is 7. The van der Waals surface area contributed by atoms with Crippen molar-refractivity contribution in [3.05, 3.63) is 17.5 Å². The van der Waals surface area contributed by atoms with Crippen LogP contribution in [0.2, 0.25) is 0 Å². The van der Waals surface area contributed by atoms with Gasteiger partial charge in [-0.1, -0.05) is 0 Å². The first kappa shape index (κ1) is 18.8. The Hall–Kier alpha value is -1.93. The zero-order chi connectivity index (χ0) is 18.7. The van der Waals surface area contributed by atoms with Crippen molar-refractivity contribution in [3.63, 3.8) is 0 Å². The van der Waals surface area contributed by atoms with Gasteiger partial charge in [-0.2, -0.15) is 0 Å². The lowest BCUT2D eigenvalue weighted by molar-refractivity contribution is -0.0213. The second-order valence-corrected chi connectivity index (χ2v) is 7.86. The lowest BCUT2D eigenvalue weighted by Crippen LogP contribution is -2.40. The quantitative estimate of drug-likeness (QED) is 0.843. The van der Waals surface area contributed by atoms with Crippen molar-refractivity contribution in [1.29, 1.82) is 0 Å². The van der Waals surface area contributed by atoms with E-state index in [0.29, 0.717) is 25.6 Å². The predicted molar refractivity (Wildman–Crippen MR) is 95.9 cm³/mol. The minimum atomic E-state index is -0.512. The molecule has 0 bridgehead atoms. The van der Waals surface area contributed by atoms with Crippen molar-refractivity contribution in [3.8, 4) is 0 Å². The van der Waals surface area contributed by atoms with E-state index in [2.05, 4.69) is 15.3 Å². The number of ether oxygens (including phenoxy) is 2. The van der Waals surface area contributed by atoms with Crippen LogP contribution in [0.1, 0.15) is 44.9 Å². The lowest BCUT2D eigenvalue weighted by Gasteiger charge is -2.31. The van der Waals surface area contributed by atoms with Crippen molar-refractivity contribution in [2.45, 2.75) is 64.3 Å². The molecule has 2 atom stereocenters. The molecule has 2 N–H and O–H groups in total. The standard InChI is InChI=1S/C18H28N4O4/c1-18(2,3)26-17(24)22-6-4-12-9-19-16(21-15(12)10-22)20-13-5-7-25-14(8-13)11-23/h9,13-14,23H,4-8,10-11H2,1-3H3,(H,19,20,21)/t13-,14-/m0/s1. The monoisotopic (exact) mass is 364 g/mol. The number of aromatic nitrogens is 2. The van der Waals surface area contributed by atoms with E-state index >= 15 is 0 Å². The number of nitrogens with one attached hydrogen (secondary N) is 1. The maximum absolute atomic E-state index is 12.3. The highest BCUT2D eigenvalue weighted by Crippen LogP contribution is 2.22. The first-order valence-corrected chi connectivity index (χ1v) is 9.16. The zero-order valence-corrected chi connectivity index (χ0v) is 15.7. The van der Waals surface area contributed by atoms with E-state index < -0.39 is 5.60 Å². The summed E-state index contributed by atoms with van der Waals surface area (Å²) >= 11 is 0. The molecular weight excluding hydrogens is 336 g/mol.